The van der Waals surface area contributed by atoms with Gasteiger partial charge in [-0.05, 0) is 25.1 Å². The van der Waals surface area contributed by atoms with Crippen LogP contribution in [-0.2, 0) is 6.54 Å². The lowest BCUT2D eigenvalue weighted by molar-refractivity contribution is 0.186. The average molecular weight is 247 g/mol. The van der Waals surface area contributed by atoms with E-state index in [4.69, 9.17) is 5.11 Å². The third kappa shape index (κ3) is 3.31. The predicted molar refractivity (Wildman–Crippen MR) is 73.4 cm³/mol. The summed E-state index contributed by atoms with van der Waals surface area (Å²) in [5, 5.41) is 9.08. The van der Waals surface area contributed by atoms with Crippen LogP contribution < -0.4 is 0 Å². The van der Waals surface area contributed by atoms with Gasteiger partial charge in [-0.2, -0.15) is 0 Å². The number of imidazole rings is 1. The maximum absolute atomic E-state index is 9.08. The number of aliphatic hydroxyl groups is 1. The summed E-state index contributed by atoms with van der Waals surface area (Å²) in [6.45, 7) is 4.86. The van der Waals surface area contributed by atoms with Crippen LogP contribution in [0.5, 0.6) is 0 Å². The zero-order valence-electron chi connectivity index (χ0n) is 10.9. The number of aliphatic hydroxyl groups excluding tert-OH is 1. The van der Waals surface area contributed by atoms with Crippen LogP contribution in [0.4, 0.5) is 0 Å². The third-order valence-electron chi connectivity index (χ3n) is 3.06. The van der Waals surface area contributed by atoms with E-state index in [1.165, 1.54) is 6.42 Å². The topological polar surface area (TPSA) is 52.1 Å². The smallest absolute Gasteiger partial charge is 0.121 e. The van der Waals surface area contributed by atoms with Gasteiger partial charge in [0, 0.05) is 6.54 Å². The first-order valence-corrected chi connectivity index (χ1v) is 6.60. The molecule has 4 heteroatoms. The molecule has 0 radical (unpaired) electrons. The number of nitrogens with one attached hydrogen (secondary N) is 1. The summed E-state index contributed by atoms with van der Waals surface area (Å²) in [5.74, 6) is 0.973. The Balaban J connectivity index is 2.05. The lowest BCUT2D eigenvalue weighted by Crippen LogP contribution is -2.28. The number of nitrogens with zero attached hydrogens (tertiary/aromatic N) is 2. The van der Waals surface area contributed by atoms with Crippen LogP contribution in [0.2, 0.25) is 0 Å². The molecule has 0 saturated heterocycles. The molecular weight excluding hydrogens is 226 g/mol. The number of aromatic nitrogens is 2. The van der Waals surface area contributed by atoms with E-state index in [1.54, 1.807) is 0 Å². The molecule has 0 bridgehead atoms. The minimum absolute atomic E-state index is 0.198. The summed E-state index contributed by atoms with van der Waals surface area (Å²) >= 11 is 0. The molecule has 0 atom stereocenters. The first-order valence-electron chi connectivity index (χ1n) is 6.60. The largest absolute Gasteiger partial charge is 0.395 e. The van der Waals surface area contributed by atoms with Gasteiger partial charge in [0.15, 0.2) is 0 Å². The fourth-order valence-corrected chi connectivity index (χ4v) is 2.09. The zero-order chi connectivity index (χ0) is 12.8. The fraction of sp³-hybridized carbons (Fsp3) is 0.500. The molecule has 0 amide bonds. The molecule has 0 aliphatic carbocycles. The van der Waals surface area contributed by atoms with Crippen molar-refractivity contribution in [3.05, 3.63) is 30.1 Å². The van der Waals surface area contributed by atoms with Gasteiger partial charge in [0.05, 0.1) is 24.2 Å². The summed E-state index contributed by atoms with van der Waals surface area (Å²) < 4.78 is 0. The number of hydrogen-bond acceptors (Lipinski definition) is 3. The number of rotatable bonds is 7. The van der Waals surface area contributed by atoms with Crippen LogP contribution in [-0.4, -0.2) is 39.7 Å². The number of H-pyrrole nitrogens is 1. The van der Waals surface area contributed by atoms with Crippen LogP contribution in [0, 0.1) is 0 Å². The van der Waals surface area contributed by atoms with E-state index in [-0.39, 0.29) is 6.61 Å². The van der Waals surface area contributed by atoms with E-state index >= 15 is 0 Å². The summed E-state index contributed by atoms with van der Waals surface area (Å²) in [4.78, 5) is 10.1. The second kappa shape index (κ2) is 6.52. The molecule has 1 heterocycles. The van der Waals surface area contributed by atoms with Gasteiger partial charge in [-0.15, -0.1) is 0 Å². The number of benzene rings is 1. The van der Waals surface area contributed by atoms with Crippen molar-refractivity contribution in [3.63, 3.8) is 0 Å². The van der Waals surface area contributed by atoms with E-state index in [0.29, 0.717) is 6.54 Å². The number of fused-ring (bicyclic) bond motifs is 1. The number of aromatic amines is 1. The molecule has 0 unspecified atom stereocenters. The molecule has 1 aromatic carbocycles. The number of hydrogen-bond donors (Lipinski definition) is 2. The van der Waals surface area contributed by atoms with Crippen molar-refractivity contribution in [1.29, 1.82) is 0 Å². The van der Waals surface area contributed by atoms with Gasteiger partial charge in [-0.3, -0.25) is 4.90 Å². The predicted octanol–water partition coefficient (Wildman–Crippen LogP) is 2.16. The first-order chi connectivity index (χ1) is 8.83. The van der Waals surface area contributed by atoms with Crippen molar-refractivity contribution in [2.45, 2.75) is 26.3 Å². The summed E-state index contributed by atoms with van der Waals surface area (Å²) in [5.41, 5.74) is 2.08. The highest BCUT2D eigenvalue weighted by Gasteiger charge is 2.08. The zero-order valence-corrected chi connectivity index (χ0v) is 10.9. The SMILES string of the molecule is CCCCN(CCO)Cc1nc2ccccc2[nH]1. The van der Waals surface area contributed by atoms with Crippen molar-refractivity contribution in [1.82, 2.24) is 14.9 Å². The molecule has 1 aromatic heterocycles. The van der Waals surface area contributed by atoms with E-state index in [1.807, 2.05) is 24.3 Å². The van der Waals surface area contributed by atoms with E-state index in [0.717, 1.165) is 36.4 Å². The molecule has 4 nitrogen and oxygen atoms in total. The van der Waals surface area contributed by atoms with Gasteiger partial charge in [0.1, 0.15) is 5.82 Å². The van der Waals surface area contributed by atoms with Crippen LogP contribution >= 0.6 is 0 Å². The lowest BCUT2D eigenvalue weighted by Gasteiger charge is -2.19. The molecule has 0 aliphatic rings. The summed E-state index contributed by atoms with van der Waals surface area (Å²) in [6.07, 6.45) is 2.32. The molecular formula is C14H21N3O. The Morgan fingerprint density at radius 2 is 2.11 bits per heavy atom. The van der Waals surface area contributed by atoms with Gasteiger partial charge in [0.25, 0.3) is 0 Å². The second-order valence-electron chi connectivity index (χ2n) is 4.55. The van der Waals surface area contributed by atoms with E-state index < -0.39 is 0 Å². The number of para-hydroxylation sites is 2. The normalized spacial score (nSPS) is 11.5. The van der Waals surface area contributed by atoms with Crippen molar-refractivity contribution in [2.24, 2.45) is 0 Å². The maximum atomic E-state index is 9.08. The maximum Gasteiger partial charge on any atom is 0.121 e. The Kier molecular flexibility index (Phi) is 4.73. The highest BCUT2D eigenvalue weighted by Crippen LogP contribution is 2.11. The van der Waals surface area contributed by atoms with Crippen molar-refractivity contribution < 1.29 is 5.11 Å². The molecule has 2 aromatic rings. The summed E-state index contributed by atoms with van der Waals surface area (Å²) in [6, 6.07) is 8.05. The Hall–Kier alpha value is -1.39. The summed E-state index contributed by atoms with van der Waals surface area (Å²) in [7, 11) is 0. The Morgan fingerprint density at radius 3 is 2.83 bits per heavy atom. The van der Waals surface area contributed by atoms with Crippen LogP contribution in [0.25, 0.3) is 11.0 Å². The molecule has 2 N–H and O–H groups in total. The van der Waals surface area contributed by atoms with Gasteiger partial charge in [0.2, 0.25) is 0 Å². The van der Waals surface area contributed by atoms with E-state index in [9.17, 15) is 0 Å². The molecule has 0 saturated carbocycles. The standard InChI is InChI=1S/C14H21N3O/c1-2-3-8-17(9-10-18)11-14-15-12-6-4-5-7-13(12)16-14/h4-7,18H,2-3,8-11H2,1H3,(H,15,16). The minimum atomic E-state index is 0.198. The van der Waals surface area contributed by atoms with Crippen molar-refractivity contribution >= 4 is 11.0 Å². The Labute approximate surface area is 108 Å². The first kappa shape index (κ1) is 13.1. The van der Waals surface area contributed by atoms with Crippen molar-refractivity contribution in [2.75, 3.05) is 19.7 Å². The van der Waals surface area contributed by atoms with Crippen LogP contribution in [0.3, 0.4) is 0 Å². The second-order valence-corrected chi connectivity index (χ2v) is 4.55. The average Bonchev–Trinajstić information content (AvgIpc) is 2.78. The van der Waals surface area contributed by atoms with Gasteiger partial charge >= 0.3 is 0 Å². The van der Waals surface area contributed by atoms with Gasteiger partial charge < -0.3 is 10.1 Å². The third-order valence-corrected chi connectivity index (χ3v) is 3.06. The van der Waals surface area contributed by atoms with Gasteiger partial charge in [-0.25, -0.2) is 4.98 Å². The molecule has 18 heavy (non-hydrogen) atoms. The Bertz CT molecular complexity index is 448. The van der Waals surface area contributed by atoms with Crippen LogP contribution in [0.15, 0.2) is 24.3 Å². The van der Waals surface area contributed by atoms with E-state index in [2.05, 4.69) is 21.8 Å². The molecule has 2 rings (SSSR count). The van der Waals surface area contributed by atoms with Crippen molar-refractivity contribution in [3.8, 4) is 0 Å². The van der Waals surface area contributed by atoms with Crippen LogP contribution in [0.1, 0.15) is 25.6 Å². The molecule has 98 valence electrons. The highest BCUT2D eigenvalue weighted by atomic mass is 16.3. The number of unbranched alkanes of at least 4 members (excludes halogenated alkanes) is 1. The quantitative estimate of drug-likeness (QED) is 0.788. The molecule has 0 fully saturated rings. The van der Waals surface area contributed by atoms with Gasteiger partial charge in [-0.1, -0.05) is 25.5 Å². The molecule has 0 spiro atoms. The fourth-order valence-electron chi connectivity index (χ4n) is 2.09. The Morgan fingerprint density at radius 1 is 1.28 bits per heavy atom. The minimum Gasteiger partial charge on any atom is -0.395 e. The highest BCUT2D eigenvalue weighted by molar-refractivity contribution is 5.74. The monoisotopic (exact) mass is 247 g/mol. The molecule has 0 aliphatic heterocycles. The lowest BCUT2D eigenvalue weighted by atomic mass is 10.3.